The number of anilines is 1. The Labute approximate surface area is 192 Å². The van der Waals surface area contributed by atoms with E-state index < -0.39 is 0 Å². The number of benzene rings is 1. The molecule has 2 aliphatic rings. The van der Waals surface area contributed by atoms with Gasteiger partial charge in [0.1, 0.15) is 24.6 Å². The molecule has 1 saturated heterocycles. The van der Waals surface area contributed by atoms with Gasteiger partial charge in [0.05, 0.1) is 24.9 Å². The van der Waals surface area contributed by atoms with Crippen molar-refractivity contribution in [2.75, 3.05) is 25.1 Å². The largest absolute Gasteiger partial charge is 0.497 e. The Hall–Kier alpha value is -2.68. The van der Waals surface area contributed by atoms with E-state index in [0.717, 1.165) is 53.7 Å². The Kier molecular flexibility index (Phi) is 5.75. The van der Waals surface area contributed by atoms with Crippen LogP contribution in [0.15, 0.2) is 36.8 Å². The lowest BCUT2D eigenvalue weighted by atomic mass is 10.1. The molecule has 2 aromatic heterocycles. The predicted octanol–water partition coefficient (Wildman–Crippen LogP) is 3.59. The van der Waals surface area contributed by atoms with Gasteiger partial charge in [-0.2, -0.15) is 5.10 Å². The average molecular weight is 455 g/mol. The Morgan fingerprint density at radius 1 is 1.12 bits per heavy atom. The third kappa shape index (κ3) is 4.18. The number of methoxy groups -OCH3 is 1. The maximum Gasteiger partial charge on any atom is 0.163 e. The molecule has 0 saturated carbocycles. The van der Waals surface area contributed by atoms with Crippen LogP contribution in [0.25, 0.3) is 11.4 Å². The molecule has 1 fully saturated rings. The number of hydrogen-bond donors (Lipinski definition) is 0. The summed E-state index contributed by atoms with van der Waals surface area (Å²) < 4.78 is 13.1. The molecule has 0 N–H and O–H groups in total. The molecule has 0 amide bonds. The number of halogens is 1. The monoisotopic (exact) mass is 454 g/mol. The minimum Gasteiger partial charge on any atom is -0.497 e. The summed E-state index contributed by atoms with van der Waals surface area (Å²) in [6, 6.07) is 7.94. The molecule has 2 aliphatic heterocycles. The van der Waals surface area contributed by atoms with E-state index in [-0.39, 0.29) is 12.2 Å². The lowest BCUT2D eigenvalue weighted by Crippen LogP contribution is -2.44. The van der Waals surface area contributed by atoms with Crippen LogP contribution >= 0.6 is 11.6 Å². The first-order valence-electron chi connectivity index (χ1n) is 10.8. The molecule has 4 heterocycles. The van der Waals surface area contributed by atoms with E-state index in [9.17, 15) is 0 Å². The molecule has 0 bridgehead atoms. The van der Waals surface area contributed by atoms with Crippen molar-refractivity contribution in [1.29, 1.82) is 0 Å². The van der Waals surface area contributed by atoms with Gasteiger partial charge in [0, 0.05) is 37.4 Å². The van der Waals surface area contributed by atoms with Gasteiger partial charge in [-0.05, 0) is 43.2 Å². The standard InChI is InChI=1S/C23H27ClN6O2/c1-15-9-28(10-16(2)32-15)11-17-6-20-22(25-8-17)29(14-30-23(20)26-13-27-30)12-18-4-5-19(31-3)7-21(18)24/h4-8,13,15-16H,9-12,14H2,1-3H3/t15-,16+. The lowest BCUT2D eigenvalue weighted by molar-refractivity contribution is -0.0705. The summed E-state index contributed by atoms with van der Waals surface area (Å²) in [4.78, 5) is 14.0. The van der Waals surface area contributed by atoms with E-state index in [0.29, 0.717) is 18.2 Å². The molecular weight excluding hydrogens is 428 g/mol. The van der Waals surface area contributed by atoms with Crippen LogP contribution in [0, 0.1) is 0 Å². The molecule has 2 atom stereocenters. The minimum absolute atomic E-state index is 0.233. The van der Waals surface area contributed by atoms with Gasteiger partial charge in [0.15, 0.2) is 5.82 Å². The molecular formula is C23H27ClN6O2. The maximum absolute atomic E-state index is 6.51. The first-order valence-corrected chi connectivity index (χ1v) is 11.2. The van der Waals surface area contributed by atoms with Crippen molar-refractivity contribution in [2.24, 2.45) is 0 Å². The zero-order chi connectivity index (χ0) is 22.2. The van der Waals surface area contributed by atoms with Crippen molar-refractivity contribution in [3.8, 4) is 17.1 Å². The summed E-state index contributed by atoms with van der Waals surface area (Å²) in [6.45, 7) is 8.09. The van der Waals surface area contributed by atoms with E-state index in [4.69, 9.17) is 26.1 Å². The second-order valence-electron chi connectivity index (χ2n) is 8.55. The van der Waals surface area contributed by atoms with Crippen molar-refractivity contribution in [2.45, 2.75) is 45.8 Å². The van der Waals surface area contributed by atoms with E-state index in [1.807, 2.05) is 29.1 Å². The third-order valence-corrected chi connectivity index (χ3v) is 6.26. The topological polar surface area (TPSA) is 68.5 Å². The molecule has 32 heavy (non-hydrogen) atoms. The smallest absolute Gasteiger partial charge is 0.163 e. The molecule has 1 aromatic carbocycles. The summed E-state index contributed by atoms with van der Waals surface area (Å²) in [5.41, 5.74) is 3.15. The van der Waals surface area contributed by atoms with Crippen LogP contribution in [-0.2, 0) is 24.5 Å². The Morgan fingerprint density at radius 2 is 1.94 bits per heavy atom. The van der Waals surface area contributed by atoms with E-state index >= 15 is 0 Å². The van der Waals surface area contributed by atoms with Gasteiger partial charge in [0.2, 0.25) is 0 Å². The highest BCUT2D eigenvalue weighted by molar-refractivity contribution is 6.31. The van der Waals surface area contributed by atoms with Gasteiger partial charge in [0.25, 0.3) is 0 Å². The molecule has 0 aliphatic carbocycles. The van der Waals surface area contributed by atoms with Crippen LogP contribution < -0.4 is 9.64 Å². The number of rotatable bonds is 5. The predicted molar refractivity (Wildman–Crippen MR) is 123 cm³/mol. The third-order valence-electron chi connectivity index (χ3n) is 5.91. The lowest BCUT2D eigenvalue weighted by Gasteiger charge is -2.35. The molecule has 9 heteroatoms. The van der Waals surface area contributed by atoms with E-state index in [1.165, 1.54) is 0 Å². The first kappa shape index (κ1) is 21.2. The van der Waals surface area contributed by atoms with Crippen LogP contribution in [0.2, 0.25) is 5.02 Å². The van der Waals surface area contributed by atoms with Gasteiger partial charge in [-0.3, -0.25) is 4.90 Å². The van der Waals surface area contributed by atoms with Gasteiger partial charge in [-0.15, -0.1) is 0 Å². The average Bonchev–Trinajstić information content (AvgIpc) is 3.23. The molecule has 0 unspecified atom stereocenters. The van der Waals surface area contributed by atoms with Gasteiger partial charge in [-0.1, -0.05) is 17.7 Å². The van der Waals surface area contributed by atoms with Crippen LogP contribution in [0.3, 0.4) is 0 Å². The van der Waals surface area contributed by atoms with Crippen LogP contribution in [-0.4, -0.2) is 57.1 Å². The van der Waals surface area contributed by atoms with Gasteiger partial charge < -0.3 is 14.4 Å². The molecule has 168 valence electrons. The number of nitrogens with zero attached hydrogens (tertiary/aromatic N) is 6. The number of aromatic nitrogens is 4. The molecule has 0 spiro atoms. The van der Waals surface area contributed by atoms with E-state index in [1.54, 1.807) is 13.4 Å². The second kappa shape index (κ2) is 8.69. The summed E-state index contributed by atoms with van der Waals surface area (Å²) in [7, 11) is 1.64. The van der Waals surface area contributed by atoms with Crippen molar-refractivity contribution in [1.82, 2.24) is 24.6 Å². The van der Waals surface area contributed by atoms with Gasteiger partial charge in [-0.25, -0.2) is 14.6 Å². The fraction of sp³-hybridized carbons (Fsp3) is 0.435. The SMILES string of the molecule is COc1ccc(CN2Cn3ncnc3-c3cc(CN4C[C@@H](C)O[C@@H](C)C4)cnc32)c(Cl)c1. The zero-order valence-corrected chi connectivity index (χ0v) is 19.3. The Balaban J connectivity index is 1.43. The number of hydrogen-bond acceptors (Lipinski definition) is 7. The minimum atomic E-state index is 0.233. The fourth-order valence-electron chi connectivity index (χ4n) is 4.59. The normalized spacial score (nSPS) is 20.7. The number of ether oxygens (including phenoxy) is 2. The summed E-state index contributed by atoms with van der Waals surface area (Å²) in [6.07, 6.45) is 4.04. The number of fused-ring (bicyclic) bond motifs is 3. The maximum atomic E-state index is 6.51. The van der Waals surface area contributed by atoms with Crippen LogP contribution in [0.5, 0.6) is 5.75 Å². The first-order chi connectivity index (χ1) is 15.5. The van der Waals surface area contributed by atoms with Crippen molar-refractivity contribution in [3.63, 3.8) is 0 Å². The molecule has 8 nitrogen and oxygen atoms in total. The molecule has 0 radical (unpaired) electrons. The van der Waals surface area contributed by atoms with Crippen LogP contribution in [0.4, 0.5) is 5.82 Å². The highest BCUT2D eigenvalue weighted by Gasteiger charge is 2.27. The zero-order valence-electron chi connectivity index (χ0n) is 18.5. The quantitative estimate of drug-likeness (QED) is 0.583. The van der Waals surface area contributed by atoms with E-state index in [2.05, 4.69) is 39.8 Å². The van der Waals surface area contributed by atoms with Crippen LogP contribution in [0.1, 0.15) is 25.0 Å². The summed E-state index contributed by atoms with van der Waals surface area (Å²) in [5.74, 6) is 2.48. The highest BCUT2D eigenvalue weighted by atomic mass is 35.5. The van der Waals surface area contributed by atoms with Crippen molar-refractivity contribution < 1.29 is 9.47 Å². The fourth-order valence-corrected chi connectivity index (χ4v) is 4.82. The summed E-state index contributed by atoms with van der Waals surface area (Å²) >= 11 is 6.51. The number of pyridine rings is 1. The number of morpholine rings is 1. The molecule has 3 aromatic rings. The van der Waals surface area contributed by atoms with Gasteiger partial charge >= 0.3 is 0 Å². The second-order valence-corrected chi connectivity index (χ2v) is 8.95. The highest BCUT2D eigenvalue weighted by Crippen LogP contribution is 2.35. The van der Waals surface area contributed by atoms with Crippen molar-refractivity contribution >= 4 is 17.4 Å². The van der Waals surface area contributed by atoms with Crippen molar-refractivity contribution in [3.05, 3.63) is 52.9 Å². The summed E-state index contributed by atoms with van der Waals surface area (Å²) in [5, 5.41) is 5.09. The Morgan fingerprint density at radius 3 is 2.69 bits per heavy atom. The Bertz CT molecular complexity index is 1110. The molecule has 5 rings (SSSR count).